The van der Waals surface area contributed by atoms with Crippen molar-refractivity contribution in [2.24, 2.45) is 17.8 Å². The molecule has 3 aliphatic heterocycles. The number of hydrogen-bond acceptors (Lipinski definition) is 11. The second kappa shape index (κ2) is 13.5. The molecule has 0 spiro atoms. The van der Waals surface area contributed by atoms with Crippen LogP contribution >= 0.6 is 0 Å². The lowest BCUT2D eigenvalue weighted by molar-refractivity contribution is -0.298. The molecule has 1 radical (unpaired) electrons. The Labute approximate surface area is 292 Å². The number of cyclic esters (lactones) is 1. The van der Waals surface area contributed by atoms with E-state index in [9.17, 15) is 19.6 Å². The Morgan fingerprint density at radius 1 is 0.980 bits per heavy atom. The van der Waals surface area contributed by atoms with Crippen LogP contribution in [-0.4, -0.2) is 73.9 Å². The maximum atomic E-state index is 13.8. The minimum Gasteiger partial charge on any atom is -0.493 e. The predicted molar refractivity (Wildman–Crippen MR) is 178 cm³/mol. The van der Waals surface area contributed by atoms with Gasteiger partial charge in [0.15, 0.2) is 23.0 Å². The van der Waals surface area contributed by atoms with Crippen molar-refractivity contribution in [3.8, 4) is 28.7 Å². The highest BCUT2D eigenvalue weighted by Crippen LogP contribution is 2.52. The maximum Gasteiger partial charge on any atom is 0.408 e. The number of ether oxygens (including phenoxy) is 7. The zero-order valence-corrected chi connectivity index (χ0v) is 30.0. The largest absolute Gasteiger partial charge is 0.493 e. The van der Waals surface area contributed by atoms with Gasteiger partial charge >= 0.3 is 18.0 Å². The van der Waals surface area contributed by atoms with E-state index in [2.05, 4.69) is 5.32 Å². The van der Waals surface area contributed by atoms with Crippen molar-refractivity contribution in [1.29, 1.82) is 0 Å². The van der Waals surface area contributed by atoms with Gasteiger partial charge in [-0.15, -0.1) is 10.3 Å². The van der Waals surface area contributed by atoms with E-state index in [4.69, 9.17) is 33.2 Å². The molecular formula is C37H47N2O11. The fourth-order valence-corrected chi connectivity index (χ4v) is 8.09. The van der Waals surface area contributed by atoms with E-state index >= 15 is 0 Å². The van der Waals surface area contributed by atoms with Crippen molar-refractivity contribution in [3.63, 3.8) is 0 Å². The Hall–Kier alpha value is -4.23. The molecule has 2 aromatic carbocycles. The van der Waals surface area contributed by atoms with E-state index in [0.29, 0.717) is 49.4 Å². The zero-order chi connectivity index (χ0) is 36.1. The Balaban J connectivity index is 1.27. The summed E-state index contributed by atoms with van der Waals surface area (Å²) < 4.78 is 40.1. The summed E-state index contributed by atoms with van der Waals surface area (Å²) >= 11 is 0. The molecule has 2 fully saturated rings. The average Bonchev–Trinajstić information content (AvgIpc) is 3.68. The van der Waals surface area contributed by atoms with Crippen LogP contribution in [-0.2, 0) is 30.7 Å². The second-order valence-corrected chi connectivity index (χ2v) is 15.0. The highest BCUT2D eigenvalue weighted by atomic mass is 16.7. The van der Waals surface area contributed by atoms with Gasteiger partial charge in [-0.3, -0.25) is 4.79 Å². The number of fused-ring (bicyclic) bond motifs is 3. The van der Waals surface area contributed by atoms with Crippen LogP contribution in [0.25, 0.3) is 0 Å². The van der Waals surface area contributed by atoms with Gasteiger partial charge in [-0.2, -0.15) is 0 Å². The van der Waals surface area contributed by atoms with E-state index in [1.165, 1.54) is 14.2 Å². The highest BCUT2D eigenvalue weighted by molar-refractivity contribution is 5.84. The Morgan fingerprint density at radius 3 is 2.20 bits per heavy atom. The lowest BCUT2D eigenvalue weighted by Gasteiger charge is -2.49. The molecule has 0 saturated carbocycles. The number of benzene rings is 2. The number of amides is 1. The molecule has 2 aromatic rings. The fraction of sp³-hybridized carbons (Fsp3) is 0.595. The standard InChI is InChI=1S/C37H47N2O11/c1-9-19(2)31(38-35(42)49-23-15-36(3,4)39(43)37(5,6)16-23)34(41)50-32-27(44-7)12-21(13-28(32)45-8)29-24-14-26-25(47-18-48-26)11-20(24)10-22-17-46-33(40)30(22)29/h11-14,19,22-23,29-31H,9-10,15-18H2,1-8H3,(H,38,42)/t19-,22-,29+,30-,31-/m0/s1. The number of carbonyl (C=O) groups is 3. The summed E-state index contributed by atoms with van der Waals surface area (Å²) in [6.45, 7) is 11.5. The first-order chi connectivity index (χ1) is 23.7. The van der Waals surface area contributed by atoms with Crippen LogP contribution in [0.1, 0.15) is 83.4 Å². The lowest BCUT2D eigenvalue weighted by atomic mass is 9.67. The second-order valence-electron chi connectivity index (χ2n) is 15.0. The summed E-state index contributed by atoms with van der Waals surface area (Å²) in [5.41, 5.74) is 1.19. The van der Waals surface area contributed by atoms with E-state index in [0.717, 1.165) is 16.2 Å². The maximum absolute atomic E-state index is 13.8. The summed E-state index contributed by atoms with van der Waals surface area (Å²) in [5.74, 6) is -0.520. The van der Waals surface area contributed by atoms with Crippen molar-refractivity contribution in [1.82, 2.24) is 10.4 Å². The third-order valence-electron chi connectivity index (χ3n) is 10.6. The molecule has 1 N–H and O–H groups in total. The summed E-state index contributed by atoms with van der Waals surface area (Å²) in [7, 11) is 2.90. The molecule has 13 nitrogen and oxygen atoms in total. The minimum atomic E-state index is -1.06. The highest BCUT2D eigenvalue weighted by Gasteiger charge is 2.49. The van der Waals surface area contributed by atoms with Crippen molar-refractivity contribution in [2.45, 2.75) is 96.4 Å². The predicted octanol–water partition coefficient (Wildman–Crippen LogP) is 5.32. The van der Waals surface area contributed by atoms with Gasteiger partial charge in [-0.1, -0.05) is 20.3 Å². The summed E-state index contributed by atoms with van der Waals surface area (Å²) in [6, 6.07) is 6.31. The quantitative estimate of drug-likeness (QED) is 0.268. The summed E-state index contributed by atoms with van der Waals surface area (Å²) in [4.78, 5) is 40.2. The van der Waals surface area contributed by atoms with Gasteiger partial charge in [-0.05, 0) is 81.0 Å². The number of methoxy groups -OCH3 is 2. The molecule has 50 heavy (non-hydrogen) atoms. The molecule has 5 atom stereocenters. The topological polar surface area (TPSA) is 151 Å². The van der Waals surface area contributed by atoms with Gasteiger partial charge in [0.1, 0.15) is 12.1 Å². The molecule has 271 valence electrons. The Kier molecular flexibility index (Phi) is 9.59. The summed E-state index contributed by atoms with van der Waals surface area (Å²) in [5, 5.41) is 16.6. The summed E-state index contributed by atoms with van der Waals surface area (Å²) in [6.07, 6.45) is 0.616. The molecular weight excluding hydrogens is 648 g/mol. The average molecular weight is 696 g/mol. The number of esters is 2. The molecule has 2 saturated heterocycles. The van der Waals surface area contributed by atoms with E-state index in [1.54, 1.807) is 12.1 Å². The normalized spacial score (nSPS) is 24.7. The first kappa shape index (κ1) is 35.6. The molecule has 0 unspecified atom stereocenters. The molecule has 1 aliphatic carbocycles. The van der Waals surface area contributed by atoms with Crippen molar-refractivity contribution in [2.75, 3.05) is 27.6 Å². The Bertz CT molecular complexity index is 1610. The van der Waals surface area contributed by atoms with E-state index < -0.39 is 47.1 Å². The first-order valence-electron chi connectivity index (χ1n) is 17.2. The number of piperidine rings is 1. The zero-order valence-electron chi connectivity index (χ0n) is 30.0. The van der Waals surface area contributed by atoms with Crippen LogP contribution in [0, 0.1) is 17.8 Å². The minimum absolute atomic E-state index is 0.0332. The monoisotopic (exact) mass is 695 g/mol. The van der Waals surface area contributed by atoms with Gasteiger partial charge in [0.05, 0.1) is 26.7 Å². The number of rotatable bonds is 9. The molecule has 4 aliphatic rings. The number of hydrogen-bond donors (Lipinski definition) is 1. The van der Waals surface area contributed by atoms with Crippen LogP contribution in [0.3, 0.4) is 0 Å². The number of nitrogens with zero attached hydrogens (tertiary/aromatic N) is 1. The van der Waals surface area contributed by atoms with Gasteiger partial charge in [0, 0.05) is 35.8 Å². The number of alkyl carbamates (subject to hydrolysis) is 1. The molecule has 3 heterocycles. The third kappa shape index (κ3) is 6.53. The van der Waals surface area contributed by atoms with Crippen LogP contribution in [0.2, 0.25) is 0 Å². The first-order valence-corrected chi connectivity index (χ1v) is 17.2. The molecule has 1 amide bonds. The Morgan fingerprint density at radius 2 is 1.60 bits per heavy atom. The van der Waals surface area contributed by atoms with E-state index in [1.807, 2.05) is 53.7 Å². The smallest absolute Gasteiger partial charge is 0.408 e. The molecule has 13 heteroatoms. The van der Waals surface area contributed by atoms with Crippen molar-refractivity contribution >= 4 is 18.0 Å². The number of nitrogens with one attached hydrogen (secondary N) is 1. The van der Waals surface area contributed by atoms with Gasteiger partial charge < -0.3 is 38.5 Å². The van der Waals surface area contributed by atoms with Crippen LogP contribution in [0.4, 0.5) is 4.79 Å². The van der Waals surface area contributed by atoms with Gasteiger partial charge in [0.2, 0.25) is 12.5 Å². The van der Waals surface area contributed by atoms with Crippen LogP contribution < -0.4 is 29.0 Å². The third-order valence-corrected chi connectivity index (χ3v) is 10.6. The van der Waals surface area contributed by atoms with E-state index in [-0.39, 0.29) is 41.8 Å². The van der Waals surface area contributed by atoms with Crippen LogP contribution in [0.5, 0.6) is 28.7 Å². The van der Waals surface area contributed by atoms with Crippen molar-refractivity contribution in [3.05, 3.63) is 41.0 Å². The SMILES string of the molecule is CC[C@H](C)[C@H](NC(=O)OC1CC(C)(C)N([O])C(C)(C)C1)C(=O)Oc1c(OC)cc([C@@H]2c3cc4c(cc3C[C@H]3COC(=O)[C@@H]32)OCO4)cc1OC. The molecule has 6 rings (SSSR count). The van der Waals surface area contributed by atoms with Gasteiger partial charge in [-0.25, -0.2) is 9.59 Å². The number of hydroxylamine groups is 2. The van der Waals surface area contributed by atoms with Crippen LogP contribution in [0.15, 0.2) is 24.3 Å². The van der Waals surface area contributed by atoms with Crippen molar-refractivity contribution < 1.29 is 52.7 Å². The lowest BCUT2D eigenvalue weighted by Crippen LogP contribution is -2.60. The number of carbonyl (C=O) groups excluding carboxylic acids is 3. The van der Waals surface area contributed by atoms with Gasteiger partial charge in [0.25, 0.3) is 0 Å². The fourth-order valence-electron chi connectivity index (χ4n) is 8.09. The molecule has 0 aromatic heterocycles. The molecule has 0 bridgehead atoms.